The summed E-state index contributed by atoms with van der Waals surface area (Å²) in [6, 6.07) is -0.111. The Bertz CT molecular complexity index is 399. The third kappa shape index (κ3) is 2.25. The van der Waals surface area contributed by atoms with E-state index in [0.717, 1.165) is 36.4 Å². The molecule has 1 unspecified atom stereocenters. The number of carbonyl (C=O) groups is 1. The topological polar surface area (TPSA) is 76.2 Å². The van der Waals surface area contributed by atoms with Crippen LogP contribution in [-0.4, -0.2) is 16.1 Å². The molecule has 0 spiro atoms. The summed E-state index contributed by atoms with van der Waals surface area (Å²) in [4.78, 5) is 15.9. The van der Waals surface area contributed by atoms with Crippen LogP contribution in [-0.2, 0) is 0 Å². The molecule has 1 fully saturated rings. The summed E-state index contributed by atoms with van der Waals surface area (Å²) in [5.74, 6) is -0.501. The smallest absolute Gasteiger partial charge is 0.347 e. The fourth-order valence-corrected chi connectivity index (χ4v) is 2.76. The van der Waals surface area contributed by atoms with Crippen LogP contribution in [0.1, 0.15) is 64.9 Å². The van der Waals surface area contributed by atoms with Crippen molar-refractivity contribution in [1.29, 1.82) is 0 Å². The average molecular weight is 240 g/mol. The van der Waals surface area contributed by atoms with Gasteiger partial charge in [0, 0.05) is 5.92 Å². The highest BCUT2D eigenvalue weighted by atomic mass is 32.1. The van der Waals surface area contributed by atoms with Gasteiger partial charge in [0.15, 0.2) is 0 Å². The molecule has 16 heavy (non-hydrogen) atoms. The van der Waals surface area contributed by atoms with E-state index < -0.39 is 5.97 Å². The molecule has 0 saturated heterocycles. The fraction of sp³-hybridized carbons (Fsp3) is 0.636. The third-order valence-corrected chi connectivity index (χ3v) is 3.94. The number of nitrogens with zero attached hydrogens (tertiary/aromatic N) is 1. The standard InChI is InChI=1S/C11H16N2O2S/c1-2-3-7(12)10-13-8(6-4-5-6)9(16-10)11(14)15/h6-7H,2-5,12H2,1H3,(H,14,15). The lowest BCUT2D eigenvalue weighted by atomic mass is 10.2. The second-order valence-corrected chi connectivity index (χ2v) is 5.27. The predicted octanol–water partition coefficient (Wildman–Crippen LogP) is 2.52. The number of aromatic nitrogens is 1. The molecule has 1 heterocycles. The summed E-state index contributed by atoms with van der Waals surface area (Å²) >= 11 is 1.25. The average Bonchev–Trinajstić information content (AvgIpc) is 2.97. The lowest BCUT2D eigenvalue weighted by Gasteiger charge is -2.04. The van der Waals surface area contributed by atoms with Gasteiger partial charge < -0.3 is 10.8 Å². The van der Waals surface area contributed by atoms with Gasteiger partial charge in [-0.3, -0.25) is 0 Å². The number of thiazole rings is 1. The van der Waals surface area contributed by atoms with Crippen LogP contribution in [0.15, 0.2) is 0 Å². The minimum Gasteiger partial charge on any atom is -0.477 e. The fourth-order valence-electron chi connectivity index (χ4n) is 1.73. The van der Waals surface area contributed by atoms with Crippen molar-refractivity contribution in [2.75, 3.05) is 0 Å². The normalized spacial score (nSPS) is 17.4. The van der Waals surface area contributed by atoms with Gasteiger partial charge in [0.1, 0.15) is 9.88 Å². The molecule has 0 aliphatic heterocycles. The third-order valence-electron chi connectivity index (χ3n) is 2.75. The van der Waals surface area contributed by atoms with Crippen molar-refractivity contribution in [3.05, 3.63) is 15.6 Å². The Labute approximate surface area is 98.5 Å². The van der Waals surface area contributed by atoms with Gasteiger partial charge in [0.05, 0.1) is 11.7 Å². The number of nitrogens with two attached hydrogens (primary N) is 1. The van der Waals surface area contributed by atoms with E-state index in [4.69, 9.17) is 10.8 Å². The molecule has 1 aromatic rings. The van der Waals surface area contributed by atoms with Gasteiger partial charge in [-0.2, -0.15) is 0 Å². The van der Waals surface area contributed by atoms with Crippen molar-refractivity contribution >= 4 is 17.3 Å². The van der Waals surface area contributed by atoms with Gasteiger partial charge in [-0.15, -0.1) is 11.3 Å². The van der Waals surface area contributed by atoms with Crippen LogP contribution in [0.4, 0.5) is 0 Å². The summed E-state index contributed by atoms with van der Waals surface area (Å²) in [7, 11) is 0. The van der Waals surface area contributed by atoms with E-state index in [-0.39, 0.29) is 6.04 Å². The van der Waals surface area contributed by atoms with E-state index in [1.165, 1.54) is 11.3 Å². The molecule has 88 valence electrons. The van der Waals surface area contributed by atoms with E-state index in [9.17, 15) is 4.79 Å². The summed E-state index contributed by atoms with van der Waals surface area (Å²) < 4.78 is 0. The Balaban J connectivity index is 2.27. The number of carboxylic acid groups (broad SMARTS) is 1. The predicted molar refractivity (Wildman–Crippen MR) is 62.9 cm³/mol. The molecule has 0 amide bonds. The van der Waals surface area contributed by atoms with Gasteiger partial charge in [-0.25, -0.2) is 9.78 Å². The van der Waals surface area contributed by atoms with Crippen molar-refractivity contribution in [3.8, 4) is 0 Å². The Morgan fingerprint density at radius 2 is 2.38 bits per heavy atom. The van der Waals surface area contributed by atoms with Crippen molar-refractivity contribution in [3.63, 3.8) is 0 Å². The molecule has 0 aromatic carbocycles. The van der Waals surface area contributed by atoms with Gasteiger partial charge in [0.25, 0.3) is 0 Å². The zero-order valence-corrected chi connectivity index (χ0v) is 10.1. The van der Waals surface area contributed by atoms with Gasteiger partial charge in [0.2, 0.25) is 0 Å². The molecular formula is C11H16N2O2S. The van der Waals surface area contributed by atoms with Crippen LogP contribution in [0.25, 0.3) is 0 Å². The quantitative estimate of drug-likeness (QED) is 0.829. The van der Waals surface area contributed by atoms with Crippen molar-refractivity contribution in [2.45, 2.75) is 44.6 Å². The highest BCUT2D eigenvalue weighted by Gasteiger charge is 2.32. The zero-order valence-electron chi connectivity index (χ0n) is 9.27. The van der Waals surface area contributed by atoms with Crippen LogP contribution in [0.5, 0.6) is 0 Å². The Morgan fingerprint density at radius 1 is 1.69 bits per heavy atom. The van der Waals surface area contributed by atoms with Crippen molar-refractivity contribution in [1.82, 2.24) is 4.98 Å². The van der Waals surface area contributed by atoms with E-state index in [1.54, 1.807) is 0 Å². The van der Waals surface area contributed by atoms with Gasteiger partial charge in [-0.05, 0) is 19.3 Å². The van der Waals surface area contributed by atoms with Crippen molar-refractivity contribution < 1.29 is 9.90 Å². The second kappa shape index (κ2) is 4.51. The molecule has 2 rings (SSSR count). The Morgan fingerprint density at radius 3 is 2.88 bits per heavy atom. The maximum atomic E-state index is 11.1. The van der Waals surface area contributed by atoms with E-state index in [1.807, 2.05) is 0 Å². The first kappa shape index (κ1) is 11.5. The van der Waals surface area contributed by atoms with Crippen LogP contribution in [0.3, 0.4) is 0 Å². The van der Waals surface area contributed by atoms with Crippen LogP contribution < -0.4 is 5.73 Å². The first-order chi connectivity index (χ1) is 7.63. The maximum absolute atomic E-state index is 11.1. The number of rotatable bonds is 5. The van der Waals surface area contributed by atoms with Crippen LogP contribution in [0, 0.1) is 0 Å². The molecule has 0 radical (unpaired) electrons. The summed E-state index contributed by atoms with van der Waals surface area (Å²) in [5.41, 5.74) is 6.73. The monoisotopic (exact) mass is 240 g/mol. The molecule has 1 aromatic heterocycles. The molecule has 5 heteroatoms. The Hall–Kier alpha value is -0.940. The molecule has 4 nitrogen and oxygen atoms in total. The van der Waals surface area contributed by atoms with Gasteiger partial charge >= 0.3 is 5.97 Å². The number of carboxylic acids is 1. The molecule has 3 N–H and O–H groups in total. The largest absolute Gasteiger partial charge is 0.477 e. The number of hydrogen-bond donors (Lipinski definition) is 2. The number of hydrogen-bond acceptors (Lipinski definition) is 4. The molecule has 0 bridgehead atoms. The lowest BCUT2D eigenvalue weighted by Crippen LogP contribution is -2.09. The summed E-state index contributed by atoms with van der Waals surface area (Å²) in [5, 5.41) is 9.88. The van der Waals surface area contributed by atoms with Gasteiger partial charge in [-0.1, -0.05) is 13.3 Å². The highest BCUT2D eigenvalue weighted by Crippen LogP contribution is 2.43. The lowest BCUT2D eigenvalue weighted by molar-refractivity contribution is 0.0700. The Kier molecular flexibility index (Phi) is 3.25. The molecule has 1 aliphatic rings. The number of aromatic carboxylic acids is 1. The van der Waals surface area contributed by atoms with Crippen molar-refractivity contribution in [2.24, 2.45) is 5.73 Å². The van der Waals surface area contributed by atoms with Crippen LogP contribution in [0.2, 0.25) is 0 Å². The first-order valence-electron chi connectivity index (χ1n) is 5.63. The van der Waals surface area contributed by atoms with E-state index in [2.05, 4.69) is 11.9 Å². The minimum atomic E-state index is -0.866. The van der Waals surface area contributed by atoms with E-state index >= 15 is 0 Å². The highest BCUT2D eigenvalue weighted by molar-refractivity contribution is 7.13. The zero-order chi connectivity index (χ0) is 11.7. The second-order valence-electron chi connectivity index (χ2n) is 4.24. The molecule has 1 saturated carbocycles. The molecule has 1 aliphatic carbocycles. The minimum absolute atomic E-state index is 0.111. The molecule has 1 atom stereocenters. The molecular weight excluding hydrogens is 224 g/mol. The van der Waals surface area contributed by atoms with Crippen LogP contribution >= 0.6 is 11.3 Å². The summed E-state index contributed by atoms with van der Waals surface area (Å²) in [6.45, 7) is 2.06. The summed E-state index contributed by atoms with van der Waals surface area (Å²) in [6.07, 6.45) is 3.97. The SMILES string of the molecule is CCCC(N)c1nc(C2CC2)c(C(=O)O)s1. The van der Waals surface area contributed by atoms with E-state index in [0.29, 0.717) is 10.8 Å². The maximum Gasteiger partial charge on any atom is 0.347 e. The first-order valence-corrected chi connectivity index (χ1v) is 6.44.